The number of allylic oxidation sites excluding steroid dienone is 3. The number of rotatable bonds is 6. The molecule has 9 nitrogen and oxygen atoms in total. The van der Waals surface area contributed by atoms with Crippen LogP contribution in [0.15, 0.2) is 105 Å². The normalized spacial score (nSPS) is 18.4. The van der Waals surface area contributed by atoms with Gasteiger partial charge in [-0.2, -0.15) is 4.98 Å². The molecular weight excluding hydrogens is 572 g/mol. The van der Waals surface area contributed by atoms with Gasteiger partial charge in [-0.25, -0.2) is 4.79 Å². The average molecular weight is 602 g/mol. The Hall–Kier alpha value is -4.18. The molecule has 3 aliphatic heterocycles. The molecule has 1 N–H and O–H groups in total. The Morgan fingerprint density at radius 2 is 1.90 bits per heavy atom. The first-order valence-corrected chi connectivity index (χ1v) is 14.1. The summed E-state index contributed by atoms with van der Waals surface area (Å²) < 4.78 is 11.4. The van der Waals surface area contributed by atoms with Gasteiger partial charge in [0.1, 0.15) is 18.3 Å². The lowest BCUT2D eigenvalue weighted by molar-refractivity contribution is 0.0843. The number of amidine groups is 1. The first-order chi connectivity index (χ1) is 19.6. The van der Waals surface area contributed by atoms with Crippen molar-refractivity contribution in [2.45, 2.75) is 26.0 Å². The van der Waals surface area contributed by atoms with Crippen LogP contribution in [0.2, 0.25) is 0 Å². The van der Waals surface area contributed by atoms with Gasteiger partial charge in [-0.15, -0.1) is 0 Å². The highest BCUT2D eigenvalue weighted by atomic mass is 79.9. The van der Waals surface area contributed by atoms with Gasteiger partial charge in [0.05, 0.1) is 11.0 Å². The lowest BCUT2D eigenvalue weighted by Gasteiger charge is -2.39. The lowest BCUT2D eigenvalue weighted by Crippen LogP contribution is -2.46. The largest absolute Gasteiger partial charge is 0.445 e. The number of nitrogens with zero attached hydrogens (tertiary/aromatic N) is 5. The second kappa shape index (κ2) is 11.9. The number of piperidine rings is 1. The Labute approximate surface area is 241 Å². The second-order valence-electron chi connectivity index (χ2n) is 9.86. The molecule has 0 saturated carbocycles. The molecule has 0 aliphatic carbocycles. The van der Waals surface area contributed by atoms with E-state index < -0.39 is 0 Å². The molecule has 3 aliphatic rings. The van der Waals surface area contributed by atoms with E-state index in [-0.39, 0.29) is 12.7 Å². The number of ether oxygens (including phenoxy) is 1. The molecular formula is C30H29BrN6O3. The fraction of sp³-hybridized carbons (Fsp3) is 0.267. The van der Waals surface area contributed by atoms with Gasteiger partial charge in [0.25, 0.3) is 0 Å². The molecule has 4 heterocycles. The smallest absolute Gasteiger partial charge is 0.410 e. The Kier molecular flexibility index (Phi) is 7.76. The molecule has 0 spiro atoms. The van der Waals surface area contributed by atoms with Crippen LogP contribution in [-0.2, 0) is 17.9 Å². The summed E-state index contributed by atoms with van der Waals surface area (Å²) in [6, 6.07) is 17.8. The van der Waals surface area contributed by atoms with E-state index in [1.54, 1.807) is 4.90 Å². The first kappa shape index (κ1) is 26.1. The zero-order chi connectivity index (χ0) is 27.3. The lowest BCUT2D eigenvalue weighted by atomic mass is 9.92. The molecule has 6 rings (SSSR count). The summed E-state index contributed by atoms with van der Waals surface area (Å²) in [6.45, 7) is 2.88. The van der Waals surface area contributed by atoms with Crippen LogP contribution in [-0.4, -0.2) is 51.5 Å². The number of halogens is 1. The van der Waals surface area contributed by atoms with Crippen LogP contribution in [0.4, 0.5) is 4.79 Å². The minimum absolute atomic E-state index is 0.255. The van der Waals surface area contributed by atoms with Crippen LogP contribution in [0.5, 0.6) is 0 Å². The predicted molar refractivity (Wildman–Crippen MR) is 155 cm³/mol. The van der Waals surface area contributed by atoms with Crippen LogP contribution >= 0.6 is 15.9 Å². The number of benzene rings is 2. The number of hydrogen-bond acceptors (Lipinski definition) is 7. The summed E-state index contributed by atoms with van der Waals surface area (Å²) in [6.07, 6.45) is 9.12. The minimum Gasteiger partial charge on any atom is -0.445 e. The fourth-order valence-electron chi connectivity index (χ4n) is 5.05. The monoisotopic (exact) mass is 600 g/mol. The van der Waals surface area contributed by atoms with Gasteiger partial charge in [-0.3, -0.25) is 4.99 Å². The van der Waals surface area contributed by atoms with E-state index >= 15 is 0 Å². The third-order valence-corrected chi connectivity index (χ3v) is 7.91. The second-order valence-corrected chi connectivity index (χ2v) is 10.7. The fourth-order valence-corrected chi connectivity index (χ4v) is 5.55. The van der Waals surface area contributed by atoms with Crippen molar-refractivity contribution in [1.29, 1.82) is 0 Å². The molecule has 3 aromatic rings. The maximum Gasteiger partial charge on any atom is 0.410 e. The van der Waals surface area contributed by atoms with E-state index in [2.05, 4.69) is 54.5 Å². The quantitative estimate of drug-likeness (QED) is 0.393. The van der Waals surface area contributed by atoms with Gasteiger partial charge in [-0.05, 0) is 46.0 Å². The number of likely N-dealkylation sites (tertiary alicyclic amines) is 1. The van der Waals surface area contributed by atoms with Gasteiger partial charge < -0.3 is 24.4 Å². The molecule has 1 saturated heterocycles. The van der Waals surface area contributed by atoms with Gasteiger partial charge in [0, 0.05) is 42.9 Å². The van der Waals surface area contributed by atoms with Crippen LogP contribution in [0.1, 0.15) is 24.0 Å². The number of aliphatic imine (C=N–C) groups is 1. The molecule has 0 bridgehead atoms. The molecule has 2 aromatic carbocycles. The van der Waals surface area contributed by atoms with E-state index in [4.69, 9.17) is 14.3 Å². The standard InChI is InChI=1S/C30H29BrN6O3/c31-25-7-4-14-37-27(32-18-21-8-10-24(11-9-21)28-33-20-40-35-28)17-26(34-29(25)37)23-12-15-36(16-13-23)30(38)39-19-22-5-2-1-3-6-22/h1-11,17,20,23,34H,12-16,18-19H2. The average Bonchev–Trinajstić information content (AvgIpc) is 3.55. The number of aromatic nitrogens is 2. The Morgan fingerprint density at radius 3 is 2.65 bits per heavy atom. The van der Waals surface area contributed by atoms with Crippen LogP contribution in [0.3, 0.4) is 0 Å². The van der Waals surface area contributed by atoms with Crippen molar-refractivity contribution >= 4 is 27.9 Å². The van der Waals surface area contributed by atoms with Gasteiger partial charge >= 0.3 is 6.09 Å². The molecule has 0 radical (unpaired) electrons. The summed E-state index contributed by atoms with van der Waals surface area (Å²) in [7, 11) is 0. The Bertz CT molecular complexity index is 1460. The highest BCUT2D eigenvalue weighted by Crippen LogP contribution is 2.31. The number of fused-ring (bicyclic) bond motifs is 1. The summed E-state index contributed by atoms with van der Waals surface area (Å²) >= 11 is 3.71. The molecule has 10 heteroatoms. The Morgan fingerprint density at radius 1 is 1.10 bits per heavy atom. The van der Waals surface area contributed by atoms with E-state index in [1.165, 1.54) is 6.39 Å². The van der Waals surface area contributed by atoms with Crippen molar-refractivity contribution < 1.29 is 14.1 Å². The van der Waals surface area contributed by atoms with E-state index in [9.17, 15) is 4.79 Å². The molecule has 1 amide bonds. The molecule has 1 fully saturated rings. The van der Waals surface area contributed by atoms with E-state index in [0.717, 1.165) is 57.9 Å². The SMILES string of the molecule is O=C(OCc1ccccc1)N1CCC(C2=CC(=NCc3ccc(-c4ncon4)cc3)N3CC=CC(Br)=C3N2)CC1. The van der Waals surface area contributed by atoms with Crippen molar-refractivity contribution in [3.63, 3.8) is 0 Å². The summed E-state index contributed by atoms with van der Waals surface area (Å²) in [5.41, 5.74) is 4.11. The van der Waals surface area contributed by atoms with E-state index in [1.807, 2.05) is 54.6 Å². The van der Waals surface area contributed by atoms with Gasteiger partial charge in [0.2, 0.25) is 12.2 Å². The number of hydrogen-bond donors (Lipinski definition) is 1. The highest BCUT2D eigenvalue weighted by Gasteiger charge is 2.31. The molecule has 0 atom stereocenters. The third-order valence-electron chi connectivity index (χ3n) is 7.27. The number of amides is 1. The topological polar surface area (TPSA) is 96.1 Å². The summed E-state index contributed by atoms with van der Waals surface area (Å²) in [5.74, 6) is 2.77. The molecule has 204 valence electrons. The summed E-state index contributed by atoms with van der Waals surface area (Å²) in [5, 5.41) is 7.54. The number of carbonyl (C=O) groups excluding carboxylic acids is 1. The van der Waals surface area contributed by atoms with Crippen LogP contribution < -0.4 is 5.32 Å². The van der Waals surface area contributed by atoms with Crippen LogP contribution in [0.25, 0.3) is 11.4 Å². The van der Waals surface area contributed by atoms with Crippen molar-refractivity contribution in [3.05, 3.63) is 106 Å². The first-order valence-electron chi connectivity index (χ1n) is 13.3. The predicted octanol–water partition coefficient (Wildman–Crippen LogP) is 5.61. The van der Waals surface area contributed by atoms with Crippen molar-refractivity contribution in [2.24, 2.45) is 10.9 Å². The maximum atomic E-state index is 12.7. The minimum atomic E-state index is -0.255. The molecule has 40 heavy (non-hydrogen) atoms. The van der Waals surface area contributed by atoms with Crippen molar-refractivity contribution in [2.75, 3.05) is 19.6 Å². The molecule has 1 aromatic heterocycles. The maximum absolute atomic E-state index is 12.7. The van der Waals surface area contributed by atoms with Gasteiger partial charge in [0.15, 0.2) is 0 Å². The van der Waals surface area contributed by atoms with E-state index in [0.29, 0.717) is 31.4 Å². The number of carbonyl (C=O) groups is 1. The summed E-state index contributed by atoms with van der Waals surface area (Å²) in [4.78, 5) is 25.8. The molecule has 0 unspecified atom stereocenters. The number of nitrogens with one attached hydrogen (secondary N) is 1. The van der Waals surface area contributed by atoms with Crippen molar-refractivity contribution in [3.8, 4) is 11.4 Å². The van der Waals surface area contributed by atoms with Crippen LogP contribution in [0, 0.1) is 5.92 Å². The van der Waals surface area contributed by atoms with Crippen molar-refractivity contribution in [1.82, 2.24) is 25.3 Å². The zero-order valence-electron chi connectivity index (χ0n) is 21.9. The highest BCUT2D eigenvalue weighted by molar-refractivity contribution is 9.11. The third kappa shape index (κ3) is 5.86. The Balaban J connectivity index is 1.13. The zero-order valence-corrected chi connectivity index (χ0v) is 23.5. The van der Waals surface area contributed by atoms with Gasteiger partial charge in [-0.1, -0.05) is 65.8 Å².